The van der Waals surface area contributed by atoms with Gasteiger partial charge < -0.3 is 10.1 Å². The van der Waals surface area contributed by atoms with Crippen LogP contribution in [0.4, 0.5) is 5.69 Å². The summed E-state index contributed by atoms with van der Waals surface area (Å²) in [6.07, 6.45) is 2.65. The van der Waals surface area contributed by atoms with E-state index in [9.17, 15) is 0 Å². The third kappa shape index (κ3) is 5.14. The molecule has 2 rings (SSSR count). The molecular weight excluding hydrogens is 248 g/mol. The molecule has 0 aromatic heterocycles. The first kappa shape index (κ1) is 15.3. The number of hydrogen-bond donors (Lipinski definition) is 1. The highest BCUT2D eigenvalue weighted by Crippen LogP contribution is 2.14. The smallest absolute Gasteiger partial charge is 0.0639 e. The summed E-state index contributed by atoms with van der Waals surface area (Å²) in [5.41, 5.74) is 1.19. The zero-order valence-corrected chi connectivity index (χ0v) is 12.8. The first-order valence-electron chi connectivity index (χ1n) is 7.86. The number of benzene rings is 1. The van der Waals surface area contributed by atoms with Gasteiger partial charge >= 0.3 is 0 Å². The maximum absolute atomic E-state index is 5.88. The van der Waals surface area contributed by atoms with Crippen molar-refractivity contribution in [3.8, 4) is 0 Å². The fraction of sp³-hybridized carbons (Fsp3) is 0.647. The monoisotopic (exact) mass is 276 g/mol. The fourth-order valence-electron chi connectivity index (χ4n) is 2.63. The second-order valence-corrected chi connectivity index (χ2v) is 6.08. The molecule has 1 aromatic rings. The van der Waals surface area contributed by atoms with Crippen LogP contribution in [0.3, 0.4) is 0 Å². The largest absolute Gasteiger partial charge is 0.383 e. The van der Waals surface area contributed by atoms with Gasteiger partial charge in [0.2, 0.25) is 0 Å². The van der Waals surface area contributed by atoms with Crippen LogP contribution in [0.1, 0.15) is 26.7 Å². The second-order valence-electron chi connectivity index (χ2n) is 6.08. The molecule has 1 aromatic carbocycles. The van der Waals surface area contributed by atoms with Gasteiger partial charge in [0.15, 0.2) is 0 Å². The van der Waals surface area contributed by atoms with Crippen LogP contribution in [0.25, 0.3) is 0 Å². The van der Waals surface area contributed by atoms with E-state index in [2.05, 4.69) is 54.4 Å². The summed E-state index contributed by atoms with van der Waals surface area (Å²) in [5, 5.41) is 3.54. The molecule has 1 aliphatic rings. The van der Waals surface area contributed by atoms with Gasteiger partial charge in [-0.05, 0) is 44.0 Å². The van der Waals surface area contributed by atoms with Gasteiger partial charge in [0.1, 0.15) is 0 Å². The molecule has 3 nitrogen and oxygen atoms in total. The summed E-state index contributed by atoms with van der Waals surface area (Å²) in [6.45, 7) is 9.48. The van der Waals surface area contributed by atoms with Gasteiger partial charge in [0.25, 0.3) is 0 Å². The SMILES string of the molecule is CC(C)COCC(CNc1ccccc1)N1CCCC1. The summed E-state index contributed by atoms with van der Waals surface area (Å²) in [6, 6.07) is 10.9. The molecule has 1 heterocycles. The van der Waals surface area contributed by atoms with Crippen molar-refractivity contribution < 1.29 is 4.74 Å². The van der Waals surface area contributed by atoms with E-state index in [0.717, 1.165) is 19.8 Å². The van der Waals surface area contributed by atoms with E-state index in [1.54, 1.807) is 0 Å². The molecule has 0 radical (unpaired) electrons. The normalized spacial score (nSPS) is 17.6. The molecule has 0 bridgehead atoms. The second kappa shape index (κ2) is 8.28. The van der Waals surface area contributed by atoms with Crippen LogP contribution in [0.2, 0.25) is 0 Å². The Morgan fingerprint density at radius 3 is 2.45 bits per heavy atom. The Hall–Kier alpha value is -1.06. The van der Waals surface area contributed by atoms with E-state index in [0.29, 0.717) is 12.0 Å². The van der Waals surface area contributed by atoms with Gasteiger partial charge in [-0.3, -0.25) is 4.90 Å². The summed E-state index contributed by atoms with van der Waals surface area (Å²) in [7, 11) is 0. The Bertz CT molecular complexity index is 361. The molecule has 20 heavy (non-hydrogen) atoms. The molecule has 1 unspecified atom stereocenters. The van der Waals surface area contributed by atoms with Gasteiger partial charge in [-0.15, -0.1) is 0 Å². The minimum absolute atomic E-state index is 0.483. The van der Waals surface area contributed by atoms with Crippen molar-refractivity contribution in [1.82, 2.24) is 4.90 Å². The van der Waals surface area contributed by atoms with Gasteiger partial charge in [0.05, 0.1) is 12.6 Å². The van der Waals surface area contributed by atoms with Crippen LogP contribution in [-0.4, -0.2) is 43.8 Å². The zero-order valence-electron chi connectivity index (χ0n) is 12.8. The lowest BCUT2D eigenvalue weighted by Gasteiger charge is -2.28. The molecule has 1 aliphatic heterocycles. The van der Waals surface area contributed by atoms with Crippen LogP contribution < -0.4 is 5.32 Å². The number of ether oxygens (including phenoxy) is 1. The third-order valence-corrected chi connectivity index (χ3v) is 3.73. The van der Waals surface area contributed by atoms with Crippen molar-refractivity contribution in [2.45, 2.75) is 32.7 Å². The number of para-hydroxylation sites is 1. The molecule has 3 heteroatoms. The lowest BCUT2D eigenvalue weighted by atomic mass is 10.2. The van der Waals surface area contributed by atoms with Gasteiger partial charge in [-0.2, -0.15) is 0 Å². The third-order valence-electron chi connectivity index (χ3n) is 3.73. The number of anilines is 1. The highest BCUT2D eigenvalue weighted by Gasteiger charge is 2.21. The highest BCUT2D eigenvalue weighted by molar-refractivity contribution is 5.42. The Morgan fingerprint density at radius 2 is 1.80 bits per heavy atom. The minimum Gasteiger partial charge on any atom is -0.383 e. The van der Waals surface area contributed by atoms with E-state index >= 15 is 0 Å². The first-order valence-corrected chi connectivity index (χ1v) is 7.86. The quantitative estimate of drug-likeness (QED) is 0.789. The molecule has 0 amide bonds. The topological polar surface area (TPSA) is 24.5 Å². The van der Waals surface area contributed by atoms with E-state index in [1.807, 2.05) is 0 Å². The van der Waals surface area contributed by atoms with Crippen LogP contribution in [0.15, 0.2) is 30.3 Å². The molecule has 1 atom stereocenters. The number of likely N-dealkylation sites (tertiary alicyclic amines) is 1. The summed E-state index contributed by atoms with van der Waals surface area (Å²) in [5.74, 6) is 0.608. The van der Waals surface area contributed by atoms with Gasteiger partial charge in [-0.25, -0.2) is 0 Å². The summed E-state index contributed by atoms with van der Waals surface area (Å²) >= 11 is 0. The number of rotatable bonds is 8. The molecule has 1 fully saturated rings. The zero-order chi connectivity index (χ0) is 14.2. The van der Waals surface area contributed by atoms with Crippen molar-refractivity contribution in [2.75, 3.05) is 38.2 Å². The molecule has 1 N–H and O–H groups in total. The van der Waals surface area contributed by atoms with Crippen LogP contribution >= 0.6 is 0 Å². The van der Waals surface area contributed by atoms with E-state index in [-0.39, 0.29) is 0 Å². The standard InChI is InChI=1S/C17H28N2O/c1-15(2)13-20-14-17(19-10-6-7-11-19)12-18-16-8-4-3-5-9-16/h3-5,8-9,15,17-18H,6-7,10-14H2,1-2H3. The average Bonchev–Trinajstić information content (AvgIpc) is 2.97. The van der Waals surface area contributed by atoms with Crippen LogP contribution in [-0.2, 0) is 4.74 Å². The van der Waals surface area contributed by atoms with Crippen molar-refractivity contribution in [3.05, 3.63) is 30.3 Å². The predicted molar refractivity (Wildman–Crippen MR) is 85.2 cm³/mol. The minimum atomic E-state index is 0.483. The van der Waals surface area contributed by atoms with E-state index in [1.165, 1.54) is 31.6 Å². The first-order chi connectivity index (χ1) is 9.75. The van der Waals surface area contributed by atoms with Crippen LogP contribution in [0, 0.1) is 5.92 Å². The Labute approximate surface area is 123 Å². The van der Waals surface area contributed by atoms with E-state index in [4.69, 9.17) is 4.74 Å². The number of hydrogen-bond acceptors (Lipinski definition) is 3. The molecule has 0 spiro atoms. The maximum atomic E-state index is 5.88. The molecule has 0 saturated carbocycles. The Kier molecular flexibility index (Phi) is 6.34. The van der Waals surface area contributed by atoms with Gasteiger partial charge in [-0.1, -0.05) is 32.0 Å². The lowest BCUT2D eigenvalue weighted by molar-refractivity contribution is 0.0590. The fourth-order valence-corrected chi connectivity index (χ4v) is 2.63. The summed E-state index contributed by atoms with van der Waals surface area (Å²) in [4.78, 5) is 2.57. The van der Waals surface area contributed by atoms with Crippen molar-refractivity contribution >= 4 is 5.69 Å². The molecule has 0 aliphatic carbocycles. The van der Waals surface area contributed by atoms with E-state index < -0.39 is 0 Å². The van der Waals surface area contributed by atoms with Gasteiger partial charge in [0, 0.05) is 18.8 Å². The maximum Gasteiger partial charge on any atom is 0.0639 e. The number of nitrogens with one attached hydrogen (secondary N) is 1. The van der Waals surface area contributed by atoms with Crippen molar-refractivity contribution in [1.29, 1.82) is 0 Å². The Balaban J connectivity index is 1.82. The number of nitrogens with zero attached hydrogens (tertiary/aromatic N) is 1. The molecular formula is C17H28N2O. The highest BCUT2D eigenvalue weighted by atomic mass is 16.5. The lowest BCUT2D eigenvalue weighted by Crippen LogP contribution is -2.41. The van der Waals surface area contributed by atoms with Crippen molar-refractivity contribution in [3.63, 3.8) is 0 Å². The predicted octanol–water partition coefficient (Wildman–Crippen LogP) is 3.24. The molecule has 112 valence electrons. The van der Waals surface area contributed by atoms with Crippen molar-refractivity contribution in [2.24, 2.45) is 5.92 Å². The summed E-state index contributed by atoms with van der Waals surface area (Å²) < 4.78 is 5.88. The Morgan fingerprint density at radius 1 is 1.10 bits per heavy atom. The van der Waals surface area contributed by atoms with Crippen LogP contribution in [0.5, 0.6) is 0 Å². The molecule has 1 saturated heterocycles. The average molecular weight is 276 g/mol.